The van der Waals surface area contributed by atoms with E-state index in [-0.39, 0.29) is 5.91 Å². The van der Waals surface area contributed by atoms with Crippen LogP contribution in [0.15, 0.2) is 22.0 Å². The van der Waals surface area contributed by atoms with E-state index in [1.807, 2.05) is 23.3 Å². The quantitative estimate of drug-likeness (QED) is 0.923. The van der Waals surface area contributed by atoms with Gasteiger partial charge in [0.2, 0.25) is 5.88 Å². The van der Waals surface area contributed by atoms with Gasteiger partial charge in [0.15, 0.2) is 0 Å². The largest absolute Gasteiger partial charge is 0.368 e. The maximum atomic E-state index is 12.4. The highest BCUT2D eigenvalue weighted by Gasteiger charge is 2.27. The number of aryl methyl sites for hydroxylation is 1. The number of aromatic nitrogens is 1. The van der Waals surface area contributed by atoms with Gasteiger partial charge in [-0.3, -0.25) is 4.79 Å². The molecule has 0 atom stereocenters. The zero-order valence-electron chi connectivity index (χ0n) is 11.3. The van der Waals surface area contributed by atoms with Gasteiger partial charge in [-0.05, 0) is 36.8 Å². The first-order valence-electron chi connectivity index (χ1n) is 6.70. The monoisotopic (exact) mass is 291 g/mol. The zero-order chi connectivity index (χ0) is 14.1. The van der Waals surface area contributed by atoms with Crippen molar-refractivity contribution >= 4 is 23.1 Å². The Morgan fingerprint density at radius 1 is 1.50 bits per heavy atom. The second kappa shape index (κ2) is 5.28. The smallest absolute Gasteiger partial charge is 0.264 e. The van der Waals surface area contributed by atoms with Crippen molar-refractivity contribution in [2.24, 2.45) is 0 Å². The topological polar surface area (TPSA) is 72.4 Å². The number of nitrogens with two attached hydrogens (primary N) is 1. The van der Waals surface area contributed by atoms with E-state index in [0.29, 0.717) is 11.8 Å². The number of anilines is 1. The van der Waals surface area contributed by atoms with Crippen LogP contribution in [0.2, 0.25) is 0 Å². The third-order valence-electron chi connectivity index (χ3n) is 3.80. The average Bonchev–Trinajstić information content (AvgIpc) is 3.07. The maximum absolute atomic E-state index is 12.4. The van der Waals surface area contributed by atoms with Crippen LogP contribution in [0, 0.1) is 6.92 Å². The summed E-state index contributed by atoms with van der Waals surface area (Å²) in [6.07, 6.45) is 1.81. The molecule has 1 fully saturated rings. The highest BCUT2D eigenvalue weighted by Crippen LogP contribution is 2.29. The van der Waals surface area contributed by atoms with Crippen molar-refractivity contribution in [3.05, 3.63) is 33.6 Å². The van der Waals surface area contributed by atoms with Gasteiger partial charge in [0.25, 0.3) is 5.91 Å². The Kier molecular flexibility index (Phi) is 3.48. The van der Waals surface area contributed by atoms with Gasteiger partial charge in [-0.25, -0.2) is 0 Å². The van der Waals surface area contributed by atoms with Crippen LogP contribution in [-0.2, 0) is 0 Å². The molecular weight excluding hydrogens is 274 g/mol. The van der Waals surface area contributed by atoms with Crippen molar-refractivity contribution in [3.8, 4) is 0 Å². The first-order valence-corrected chi connectivity index (χ1v) is 7.58. The Labute approximate surface area is 121 Å². The van der Waals surface area contributed by atoms with Crippen LogP contribution >= 0.6 is 11.3 Å². The lowest BCUT2D eigenvalue weighted by Crippen LogP contribution is -2.37. The number of nitrogens with zero attached hydrogens (tertiary/aromatic N) is 2. The molecule has 2 aromatic heterocycles. The number of amides is 1. The molecule has 106 valence electrons. The molecule has 0 spiro atoms. The molecule has 2 N–H and O–H groups in total. The summed E-state index contributed by atoms with van der Waals surface area (Å²) < 4.78 is 4.92. The predicted molar refractivity (Wildman–Crippen MR) is 77.8 cm³/mol. The molecule has 0 saturated carbocycles. The molecule has 0 unspecified atom stereocenters. The van der Waals surface area contributed by atoms with Crippen LogP contribution in [0.4, 0.5) is 5.88 Å². The standard InChI is InChI=1S/C14H17N3O2S/c1-9-4-7-20-13(9)14(18)17-5-2-10(3-6-17)11-8-12(15)19-16-11/h4,7-8,10H,2-3,5-6,15H2,1H3. The minimum absolute atomic E-state index is 0.149. The van der Waals surface area contributed by atoms with Crippen LogP contribution in [0.3, 0.4) is 0 Å². The molecule has 3 heterocycles. The summed E-state index contributed by atoms with van der Waals surface area (Å²) in [5, 5.41) is 5.94. The average molecular weight is 291 g/mol. The fourth-order valence-electron chi connectivity index (χ4n) is 2.61. The van der Waals surface area contributed by atoms with E-state index < -0.39 is 0 Å². The molecule has 1 saturated heterocycles. The zero-order valence-corrected chi connectivity index (χ0v) is 12.2. The summed E-state index contributed by atoms with van der Waals surface area (Å²) in [6, 6.07) is 3.77. The van der Waals surface area contributed by atoms with E-state index >= 15 is 0 Å². The summed E-state index contributed by atoms with van der Waals surface area (Å²) >= 11 is 1.52. The molecule has 20 heavy (non-hydrogen) atoms. The van der Waals surface area contributed by atoms with Crippen molar-refractivity contribution in [2.45, 2.75) is 25.7 Å². The van der Waals surface area contributed by atoms with E-state index in [0.717, 1.165) is 42.1 Å². The van der Waals surface area contributed by atoms with Crippen LogP contribution in [0.25, 0.3) is 0 Å². The molecule has 5 nitrogen and oxygen atoms in total. The molecule has 0 radical (unpaired) electrons. The van der Waals surface area contributed by atoms with Crippen LogP contribution in [0.1, 0.15) is 39.7 Å². The summed E-state index contributed by atoms with van der Waals surface area (Å²) in [4.78, 5) is 15.2. The Morgan fingerprint density at radius 2 is 2.25 bits per heavy atom. The van der Waals surface area contributed by atoms with Crippen LogP contribution < -0.4 is 5.73 Å². The molecule has 0 aromatic carbocycles. The molecule has 1 aliphatic rings. The Bertz CT molecular complexity index is 611. The SMILES string of the molecule is Cc1ccsc1C(=O)N1CCC(c2cc(N)on2)CC1. The molecule has 6 heteroatoms. The van der Waals surface area contributed by atoms with Gasteiger partial charge in [-0.15, -0.1) is 11.3 Å². The molecule has 0 bridgehead atoms. The number of hydrogen-bond acceptors (Lipinski definition) is 5. The fraction of sp³-hybridized carbons (Fsp3) is 0.429. The van der Waals surface area contributed by atoms with Crippen LogP contribution in [-0.4, -0.2) is 29.1 Å². The van der Waals surface area contributed by atoms with Crippen molar-refractivity contribution in [1.29, 1.82) is 0 Å². The molecule has 1 amide bonds. The van der Waals surface area contributed by atoms with Gasteiger partial charge in [-0.1, -0.05) is 5.16 Å². The predicted octanol–water partition coefficient (Wildman–Crippen LogP) is 2.65. The van der Waals surface area contributed by atoms with Gasteiger partial charge < -0.3 is 15.2 Å². The Balaban J connectivity index is 1.64. The minimum atomic E-state index is 0.149. The number of piperidine rings is 1. The number of thiophene rings is 1. The highest BCUT2D eigenvalue weighted by atomic mass is 32.1. The van der Waals surface area contributed by atoms with Crippen molar-refractivity contribution < 1.29 is 9.32 Å². The third-order valence-corrected chi connectivity index (χ3v) is 4.81. The Hall–Kier alpha value is -1.82. The van der Waals surface area contributed by atoms with Gasteiger partial charge in [0.1, 0.15) is 0 Å². The highest BCUT2D eigenvalue weighted by molar-refractivity contribution is 7.12. The maximum Gasteiger partial charge on any atom is 0.264 e. The minimum Gasteiger partial charge on any atom is -0.368 e. The first-order chi connectivity index (χ1) is 9.65. The first kappa shape index (κ1) is 13.2. The normalized spacial score (nSPS) is 16.6. The molecule has 2 aromatic rings. The van der Waals surface area contributed by atoms with Gasteiger partial charge >= 0.3 is 0 Å². The molecular formula is C14H17N3O2S. The lowest BCUT2D eigenvalue weighted by atomic mass is 9.93. The third kappa shape index (κ3) is 2.43. The second-order valence-electron chi connectivity index (χ2n) is 5.15. The van der Waals surface area contributed by atoms with E-state index in [2.05, 4.69) is 5.16 Å². The summed E-state index contributed by atoms with van der Waals surface area (Å²) in [7, 11) is 0. The van der Waals surface area contributed by atoms with E-state index in [1.54, 1.807) is 6.07 Å². The number of nitrogen functional groups attached to an aromatic ring is 1. The number of likely N-dealkylation sites (tertiary alicyclic amines) is 1. The van der Waals surface area contributed by atoms with E-state index in [4.69, 9.17) is 10.3 Å². The van der Waals surface area contributed by atoms with E-state index in [9.17, 15) is 4.79 Å². The van der Waals surface area contributed by atoms with Crippen molar-refractivity contribution in [2.75, 3.05) is 18.8 Å². The van der Waals surface area contributed by atoms with Crippen molar-refractivity contribution in [1.82, 2.24) is 10.1 Å². The lowest BCUT2D eigenvalue weighted by molar-refractivity contribution is 0.0716. The summed E-state index contributed by atoms with van der Waals surface area (Å²) in [5.41, 5.74) is 7.52. The molecule has 1 aliphatic heterocycles. The summed E-state index contributed by atoms with van der Waals surface area (Å²) in [6.45, 7) is 3.50. The van der Waals surface area contributed by atoms with E-state index in [1.165, 1.54) is 11.3 Å². The summed E-state index contributed by atoms with van der Waals surface area (Å²) in [5.74, 6) is 0.841. The Morgan fingerprint density at radius 3 is 2.80 bits per heavy atom. The number of hydrogen-bond donors (Lipinski definition) is 1. The van der Waals surface area contributed by atoms with Crippen molar-refractivity contribution in [3.63, 3.8) is 0 Å². The lowest BCUT2D eigenvalue weighted by Gasteiger charge is -2.30. The van der Waals surface area contributed by atoms with Gasteiger partial charge in [-0.2, -0.15) is 0 Å². The van der Waals surface area contributed by atoms with Gasteiger partial charge in [0.05, 0.1) is 10.6 Å². The number of rotatable bonds is 2. The number of carbonyl (C=O) groups is 1. The second-order valence-corrected chi connectivity index (χ2v) is 6.07. The van der Waals surface area contributed by atoms with Gasteiger partial charge in [0, 0.05) is 25.1 Å². The van der Waals surface area contributed by atoms with Crippen LogP contribution in [0.5, 0.6) is 0 Å². The molecule has 3 rings (SSSR count). The fourth-order valence-corrected chi connectivity index (χ4v) is 3.50. The molecule has 0 aliphatic carbocycles. The number of carbonyl (C=O) groups excluding carboxylic acids is 1.